The summed E-state index contributed by atoms with van der Waals surface area (Å²) in [4.78, 5) is 20.2. The molecule has 32 heavy (non-hydrogen) atoms. The molecule has 190 valence electrons. The van der Waals surface area contributed by atoms with Gasteiger partial charge in [-0.2, -0.15) is 0 Å². The summed E-state index contributed by atoms with van der Waals surface area (Å²) in [5.74, 6) is -0.677. The summed E-state index contributed by atoms with van der Waals surface area (Å²) in [5, 5.41) is 52.0. The van der Waals surface area contributed by atoms with Crippen LogP contribution in [0.1, 0.15) is 96.8 Å². The Balaban J connectivity index is 0. The van der Waals surface area contributed by atoms with Gasteiger partial charge in [-0.1, -0.05) is 70.4 Å². The maximum Gasteiger partial charge on any atom is 0.303 e. The number of carboxylic acid groups (broad SMARTS) is 1. The lowest BCUT2D eigenvalue weighted by Gasteiger charge is -2.22. The van der Waals surface area contributed by atoms with Gasteiger partial charge in [0.2, 0.25) is 0 Å². The van der Waals surface area contributed by atoms with E-state index in [4.69, 9.17) is 30.6 Å². The topological polar surface area (TPSA) is 156 Å². The third-order valence-corrected chi connectivity index (χ3v) is 5.07. The highest BCUT2D eigenvalue weighted by molar-refractivity contribution is 5.66. The predicted octanol–water partition coefficient (Wildman–Crippen LogP) is 2.73. The maximum atomic E-state index is 10.3. The first-order valence-electron chi connectivity index (χ1n) is 12.0. The van der Waals surface area contributed by atoms with E-state index in [0.717, 1.165) is 19.3 Å². The third kappa shape index (κ3) is 21.9. The van der Waals surface area contributed by atoms with Crippen LogP contribution in [-0.2, 0) is 9.59 Å². The van der Waals surface area contributed by atoms with Crippen LogP contribution in [0.15, 0.2) is 12.2 Å². The van der Waals surface area contributed by atoms with E-state index in [2.05, 4.69) is 19.1 Å². The van der Waals surface area contributed by atoms with Crippen molar-refractivity contribution in [3.8, 4) is 0 Å². The van der Waals surface area contributed by atoms with Gasteiger partial charge in [-0.15, -0.1) is 0 Å². The number of carboxylic acids is 1. The first-order valence-corrected chi connectivity index (χ1v) is 12.0. The molecular weight excluding hydrogens is 416 g/mol. The molecule has 0 aliphatic carbocycles. The van der Waals surface area contributed by atoms with Crippen molar-refractivity contribution < 1.29 is 40.2 Å². The number of aliphatic carboxylic acids is 1. The van der Waals surface area contributed by atoms with Crippen LogP contribution in [0, 0.1) is 0 Å². The molecule has 6 N–H and O–H groups in total. The fourth-order valence-corrected chi connectivity index (χ4v) is 2.97. The van der Waals surface area contributed by atoms with E-state index in [1.165, 1.54) is 64.2 Å². The smallest absolute Gasteiger partial charge is 0.303 e. The van der Waals surface area contributed by atoms with Gasteiger partial charge in [-0.3, -0.25) is 4.79 Å². The molecule has 8 nitrogen and oxygen atoms in total. The summed E-state index contributed by atoms with van der Waals surface area (Å²) in [5.41, 5.74) is 0. The van der Waals surface area contributed by atoms with Crippen LogP contribution in [0.25, 0.3) is 0 Å². The highest BCUT2D eigenvalue weighted by atomic mass is 16.4. The lowest BCUT2D eigenvalue weighted by molar-refractivity contribution is -0.137. The van der Waals surface area contributed by atoms with E-state index in [-0.39, 0.29) is 6.29 Å². The molecule has 0 saturated carbocycles. The second kappa shape index (κ2) is 24.3. The summed E-state index contributed by atoms with van der Waals surface area (Å²) in [6.45, 7) is 1.50. The molecule has 0 aromatic carbocycles. The molecule has 0 saturated heterocycles. The zero-order chi connectivity index (χ0) is 24.6. The van der Waals surface area contributed by atoms with Crippen molar-refractivity contribution in [2.45, 2.75) is 121 Å². The fraction of sp³-hybridized carbons (Fsp3) is 0.833. The monoisotopic (exact) mass is 462 g/mol. The minimum absolute atomic E-state index is 0.0258. The van der Waals surface area contributed by atoms with Crippen LogP contribution in [0.3, 0.4) is 0 Å². The molecule has 0 aliphatic heterocycles. The Kier molecular flexibility index (Phi) is 25.0. The number of allylic oxidation sites excluding steroid dienone is 2. The van der Waals surface area contributed by atoms with Crippen LogP contribution >= 0.6 is 0 Å². The Labute approximate surface area is 193 Å². The Hall–Kier alpha value is -1.32. The number of hydrogen-bond acceptors (Lipinski definition) is 7. The van der Waals surface area contributed by atoms with Crippen molar-refractivity contribution in [1.29, 1.82) is 0 Å². The van der Waals surface area contributed by atoms with E-state index in [1.54, 1.807) is 0 Å². The van der Waals surface area contributed by atoms with Crippen molar-refractivity contribution in [3.05, 3.63) is 12.2 Å². The molecule has 0 amide bonds. The molecule has 0 aliphatic rings. The van der Waals surface area contributed by atoms with Gasteiger partial charge in [0.1, 0.15) is 24.4 Å². The second-order valence-electron chi connectivity index (χ2n) is 8.09. The molecule has 0 fully saturated rings. The van der Waals surface area contributed by atoms with E-state index in [9.17, 15) is 9.59 Å². The first kappa shape index (κ1) is 32.9. The minimum atomic E-state index is -1.79. The summed E-state index contributed by atoms with van der Waals surface area (Å²) < 4.78 is 0. The van der Waals surface area contributed by atoms with Crippen LogP contribution in [-0.4, -0.2) is 73.9 Å². The molecule has 8 heteroatoms. The zero-order valence-electron chi connectivity index (χ0n) is 19.6. The fourth-order valence-electron chi connectivity index (χ4n) is 2.97. The van der Waals surface area contributed by atoms with Crippen molar-refractivity contribution >= 4 is 12.3 Å². The molecule has 0 radical (unpaired) electrons. The first-order chi connectivity index (χ1) is 15.3. The molecule has 0 spiro atoms. The van der Waals surface area contributed by atoms with Gasteiger partial charge in [-0.05, 0) is 32.1 Å². The summed E-state index contributed by atoms with van der Waals surface area (Å²) in [7, 11) is 0. The Morgan fingerprint density at radius 2 is 1.22 bits per heavy atom. The summed E-state index contributed by atoms with van der Waals surface area (Å²) >= 11 is 0. The second-order valence-corrected chi connectivity index (χ2v) is 8.09. The number of hydrogen-bond donors (Lipinski definition) is 6. The number of carbonyl (C=O) groups excluding carboxylic acids is 1. The number of unbranched alkanes of at least 4 members (excludes halogenated alkanes) is 11. The van der Waals surface area contributed by atoms with Crippen LogP contribution < -0.4 is 0 Å². The van der Waals surface area contributed by atoms with Gasteiger partial charge in [0, 0.05) is 6.42 Å². The van der Waals surface area contributed by atoms with E-state index < -0.39 is 37.0 Å². The normalized spacial score (nSPS) is 14.9. The summed E-state index contributed by atoms with van der Waals surface area (Å²) in [6, 6.07) is 0. The van der Waals surface area contributed by atoms with Gasteiger partial charge >= 0.3 is 5.97 Å². The van der Waals surface area contributed by atoms with Crippen molar-refractivity contribution in [3.63, 3.8) is 0 Å². The largest absolute Gasteiger partial charge is 0.481 e. The molecule has 4 unspecified atom stereocenters. The number of aliphatic hydroxyl groups excluding tert-OH is 5. The highest BCUT2D eigenvalue weighted by Crippen LogP contribution is 2.11. The zero-order valence-corrected chi connectivity index (χ0v) is 19.6. The average Bonchev–Trinajstić information content (AvgIpc) is 2.79. The number of carbonyl (C=O) groups is 2. The van der Waals surface area contributed by atoms with Crippen LogP contribution in [0.4, 0.5) is 0 Å². The van der Waals surface area contributed by atoms with Gasteiger partial charge in [0.25, 0.3) is 0 Å². The lowest BCUT2D eigenvalue weighted by Crippen LogP contribution is -2.46. The molecule has 0 aromatic rings. The summed E-state index contributed by atoms with van der Waals surface area (Å²) in [6.07, 6.45) is 14.4. The number of rotatable bonds is 20. The Bertz CT molecular complexity index is 455. The van der Waals surface area contributed by atoms with Crippen LogP contribution in [0.2, 0.25) is 0 Å². The van der Waals surface area contributed by atoms with Gasteiger partial charge in [-0.25, -0.2) is 0 Å². The molecule has 0 aromatic heterocycles. The number of aliphatic hydroxyl groups is 5. The van der Waals surface area contributed by atoms with E-state index in [1.807, 2.05) is 0 Å². The molecule has 0 rings (SSSR count). The average molecular weight is 463 g/mol. The van der Waals surface area contributed by atoms with Gasteiger partial charge in [0.05, 0.1) is 6.61 Å². The third-order valence-electron chi connectivity index (χ3n) is 5.07. The van der Waals surface area contributed by atoms with Gasteiger partial charge < -0.3 is 35.4 Å². The lowest BCUT2D eigenvalue weighted by atomic mass is 10.0. The van der Waals surface area contributed by atoms with E-state index in [0.29, 0.717) is 6.42 Å². The molecule has 0 heterocycles. The molecule has 0 bridgehead atoms. The molecular formula is C24H46O8. The minimum Gasteiger partial charge on any atom is -0.481 e. The van der Waals surface area contributed by atoms with E-state index >= 15 is 0 Å². The van der Waals surface area contributed by atoms with Crippen molar-refractivity contribution in [2.75, 3.05) is 6.61 Å². The van der Waals surface area contributed by atoms with Gasteiger partial charge in [0.15, 0.2) is 6.29 Å². The van der Waals surface area contributed by atoms with Crippen molar-refractivity contribution in [1.82, 2.24) is 0 Å². The van der Waals surface area contributed by atoms with Crippen LogP contribution in [0.5, 0.6) is 0 Å². The Morgan fingerprint density at radius 3 is 1.66 bits per heavy atom. The number of aldehydes is 1. The molecule has 4 atom stereocenters. The quantitative estimate of drug-likeness (QED) is 0.0916. The van der Waals surface area contributed by atoms with Crippen molar-refractivity contribution in [2.24, 2.45) is 0 Å². The predicted molar refractivity (Wildman–Crippen MR) is 124 cm³/mol. The standard InChI is InChI=1S/C18H34O2.C6H12O6/c1-2-3-4-5-6-7-8-9-10-11-12-13-14-15-16-17-18(19)20;7-1-3(9)5(11)6(12)4(10)2-8/h12-13H,2-11,14-17H2,1H3,(H,19,20);1,3-6,8-12H,2H2/b13-12-;. The Morgan fingerprint density at radius 1 is 0.750 bits per heavy atom. The SMILES string of the molecule is CCCCCCCCCCC/C=C\CCCCC(=O)O.O=CC(O)C(O)C(O)C(O)CO. The maximum absolute atomic E-state index is 10.3. The highest BCUT2D eigenvalue weighted by Gasteiger charge is 2.29.